The van der Waals surface area contributed by atoms with E-state index in [1.54, 1.807) is 7.11 Å². The largest absolute Gasteiger partial charge is 0.396 e. The lowest BCUT2D eigenvalue weighted by Gasteiger charge is -2.12. The van der Waals surface area contributed by atoms with Crippen molar-refractivity contribution < 1.29 is 14.6 Å². The first-order valence-corrected chi connectivity index (χ1v) is 6.04. The van der Waals surface area contributed by atoms with E-state index < -0.39 is 0 Å². The average Bonchev–Trinajstić information content (AvgIpc) is 2.66. The molecule has 1 rings (SSSR count). The maximum atomic E-state index is 11.8. The molecule has 1 aromatic heterocycles. The van der Waals surface area contributed by atoms with E-state index >= 15 is 0 Å². The van der Waals surface area contributed by atoms with Crippen LogP contribution in [-0.2, 0) is 11.3 Å². The molecule has 0 aliphatic heterocycles. The highest BCUT2D eigenvalue weighted by Crippen LogP contribution is 2.17. The fourth-order valence-corrected chi connectivity index (χ4v) is 2.17. The van der Waals surface area contributed by atoms with Gasteiger partial charge in [0.05, 0.1) is 11.5 Å². The van der Waals surface area contributed by atoms with E-state index in [2.05, 4.69) is 5.32 Å². The Kier molecular flexibility index (Phi) is 5.45. The maximum absolute atomic E-state index is 11.8. The van der Waals surface area contributed by atoms with Gasteiger partial charge in [0.2, 0.25) is 0 Å². The molecule has 2 N–H and O–H groups in total. The molecule has 4 nitrogen and oxygen atoms in total. The second-order valence-corrected chi connectivity index (χ2v) is 4.51. The summed E-state index contributed by atoms with van der Waals surface area (Å²) >= 11 is 1.40. The fourth-order valence-electron chi connectivity index (χ4n) is 1.36. The fraction of sp³-hybridized carbons (Fsp3) is 0.545. The molecule has 0 radical (unpaired) electrons. The average molecular weight is 243 g/mol. The third kappa shape index (κ3) is 3.59. The number of amides is 1. The molecular weight excluding hydrogens is 226 g/mol. The van der Waals surface area contributed by atoms with Gasteiger partial charge in [0.25, 0.3) is 5.91 Å². The summed E-state index contributed by atoms with van der Waals surface area (Å²) in [4.78, 5) is 12.5. The monoisotopic (exact) mass is 243 g/mol. The van der Waals surface area contributed by atoms with E-state index in [0.717, 1.165) is 5.56 Å². The molecule has 0 spiro atoms. The third-order valence-electron chi connectivity index (χ3n) is 2.19. The van der Waals surface area contributed by atoms with Gasteiger partial charge in [0, 0.05) is 25.3 Å². The van der Waals surface area contributed by atoms with Crippen LogP contribution in [0.3, 0.4) is 0 Å². The highest BCUT2D eigenvalue weighted by molar-refractivity contribution is 7.12. The van der Waals surface area contributed by atoms with Crippen LogP contribution in [0.15, 0.2) is 11.4 Å². The van der Waals surface area contributed by atoms with Crippen molar-refractivity contribution in [2.24, 2.45) is 0 Å². The lowest BCUT2D eigenvalue weighted by Crippen LogP contribution is -2.33. The standard InChI is InChI=1S/C11H17NO3S/c1-8(3-5-13)12-11(14)10-9(7-15-2)4-6-16-10/h4,6,8,13H,3,5,7H2,1-2H3,(H,12,14). The van der Waals surface area contributed by atoms with E-state index in [-0.39, 0.29) is 18.6 Å². The van der Waals surface area contributed by atoms with Crippen molar-refractivity contribution in [2.75, 3.05) is 13.7 Å². The number of ether oxygens (including phenoxy) is 1. The maximum Gasteiger partial charge on any atom is 0.261 e. The van der Waals surface area contributed by atoms with Crippen LogP contribution in [0.2, 0.25) is 0 Å². The van der Waals surface area contributed by atoms with Gasteiger partial charge < -0.3 is 15.2 Å². The minimum atomic E-state index is -0.0944. The quantitative estimate of drug-likeness (QED) is 0.794. The number of carbonyl (C=O) groups excluding carboxylic acids is 1. The SMILES string of the molecule is COCc1ccsc1C(=O)NC(C)CCO. The molecule has 0 saturated carbocycles. The first-order valence-electron chi connectivity index (χ1n) is 5.16. The normalized spacial score (nSPS) is 12.4. The van der Waals surface area contributed by atoms with Gasteiger partial charge in [0.1, 0.15) is 0 Å². The summed E-state index contributed by atoms with van der Waals surface area (Å²) in [5.41, 5.74) is 0.904. The van der Waals surface area contributed by atoms with Crippen LogP contribution in [0.4, 0.5) is 0 Å². The van der Waals surface area contributed by atoms with E-state index in [0.29, 0.717) is 17.9 Å². The molecule has 0 saturated heterocycles. The zero-order valence-electron chi connectivity index (χ0n) is 9.53. The van der Waals surface area contributed by atoms with E-state index in [4.69, 9.17) is 9.84 Å². The van der Waals surface area contributed by atoms with Crippen LogP contribution in [0.5, 0.6) is 0 Å². The van der Waals surface area contributed by atoms with E-state index in [9.17, 15) is 4.79 Å². The third-order valence-corrected chi connectivity index (χ3v) is 3.15. The first-order chi connectivity index (χ1) is 7.69. The van der Waals surface area contributed by atoms with Crippen LogP contribution in [0, 0.1) is 0 Å². The summed E-state index contributed by atoms with van der Waals surface area (Å²) in [7, 11) is 1.60. The minimum Gasteiger partial charge on any atom is -0.396 e. The summed E-state index contributed by atoms with van der Waals surface area (Å²) in [5.74, 6) is -0.0944. The molecular formula is C11H17NO3S. The summed E-state index contributed by atoms with van der Waals surface area (Å²) in [6.45, 7) is 2.40. The smallest absolute Gasteiger partial charge is 0.261 e. The van der Waals surface area contributed by atoms with Gasteiger partial charge in [-0.05, 0) is 24.8 Å². The van der Waals surface area contributed by atoms with Crippen molar-refractivity contribution in [3.63, 3.8) is 0 Å². The Morgan fingerprint density at radius 3 is 3.06 bits per heavy atom. The molecule has 0 bridgehead atoms. The van der Waals surface area contributed by atoms with Crippen LogP contribution in [0.25, 0.3) is 0 Å². The molecule has 1 atom stereocenters. The Bertz CT molecular complexity index is 338. The molecule has 0 aromatic carbocycles. The number of aliphatic hydroxyl groups is 1. The van der Waals surface area contributed by atoms with Gasteiger partial charge in [-0.1, -0.05) is 0 Å². The lowest BCUT2D eigenvalue weighted by molar-refractivity contribution is 0.0934. The number of rotatable bonds is 6. The van der Waals surface area contributed by atoms with E-state index in [1.807, 2.05) is 18.4 Å². The number of carbonyl (C=O) groups is 1. The number of methoxy groups -OCH3 is 1. The van der Waals surface area contributed by atoms with Crippen molar-refractivity contribution in [1.82, 2.24) is 5.32 Å². The molecule has 1 aromatic rings. The molecule has 1 heterocycles. The Balaban J connectivity index is 2.61. The Labute approximate surface area is 99.2 Å². The predicted octanol–water partition coefficient (Wildman–Crippen LogP) is 1.40. The highest BCUT2D eigenvalue weighted by atomic mass is 32.1. The summed E-state index contributed by atoms with van der Waals surface area (Å²) in [5, 5.41) is 13.5. The molecule has 0 fully saturated rings. The first kappa shape index (κ1) is 13.2. The van der Waals surface area contributed by atoms with Crippen molar-refractivity contribution in [3.05, 3.63) is 21.9 Å². The topological polar surface area (TPSA) is 58.6 Å². The molecule has 90 valence electrons. The number of hydrogen-bond acceptors (Lipinski definition) is 4. The van der Waals surface area contributed by atoms with Crippen LogP contribution in [-0.4, -0.2) is 30.8 Å². The van der Waals surface area contributed by atoms with Gasteiger partial charge in [0.15, 0.2) is 0 Å². The number of hydrogen-bond donors (Lipinski definition) is 2. The lowest BCUT2D eigenvalue weighted by atomic mass is 10.2. The number of thiophene rings is 1. The van der Waals surface area contributed by atoms with Crippen LogP contribution in [0.1, 0.15) is 28.6 Å². The Morgan fingerprint density at radius 1 is 1.69 bits per heavy atom. The zero-order valence-corrected chi connectivity index (χ0v) is 10.3. The molecule has 0 aliphatic rings. The molecule has 5 heteroatoms. The van der Waals surface area contributed by atoms with Gasteiger partial charge >= 0.3 is 0 Å². The van der Waals surface area contributed by atoms with E-state index in [1.165, 1.54) is 11.3 Å². The Morgan fingerprint density at radius 2 is 2.44 bits per heavy atom. The summed E-state index contributed by atoms with van der Waals surface area (Å²) < 4.78 is 5.02. The number of aliphatic hydroxyl groups excluding tert-OH is 1. The molecule has 1 unspecified atom stereocenters. The second-order valence-electron chi connectivity index (χ2n) is 3.59. The van der Waals surface area contributed by atoms with Crippen molar-refractivity contribution in [3.8, 4) is 0 Å². The van der Waals surface area contributed by atoms with Crippen LogP contribution < -0.4 is 5.32 Å². The van der Waals surface area contributed by atoms with Crippen LogP contribution >= 0.6 is 11.3 Å². The number of nitrogens with one attached hydrogen (secondary N) is 1. The molecule has 1 amide bonds. The van der Waals surface area contributed by atoms with Gasteiger partial charge in [-0.3, -0.25) is 4.79 Å². The van der Waals surface area contributed by atoms with Gasteiger partial charge in [-0.25, -0.2) is 0 Å². The Hall–Kier alpha value is -0.910. The summed E-state index contributed by atoms with van der Waals surface area (Å²) in [6.07, 6.45) is 0.566. The van der Waals surface area contributed by atoms with Gasteiger partial charge in [-0.15, -0.1) is 11.3 Å². The zero-order chi connectivity index (χ0) is 12.0. The minimum absolute atomic E-state index is 0.0185. The molecule has 0 aliphatic carbocycles. The van der Waals surface area contributed by atoms with Crippen molar-refractivity contribution in [1.29, 1.82) is 0 Å². The summed E-state index contributed by atoms with van der Waals surface area (Å²) in [6, 6.07) is 1.87. The highest BCUT2D eigenvalue weighted by Gasteiger charge is 2.14. The predicted molar refractivity (Wildman–Crippen MR) is 63.7 cm³/mol. The van der Waals surface area contributed by atoms with Crippen molar-refractivity contribution >= 4 is 17.2 Å². The molecule has 16 heavy (non-hydrogen) atoms. The second kappa shape index (κ2) is 6.62. The van der Waals surface area contributed by atoms with Gasteiger partial charge in [-0.2, -0.15) is 0 Å². The van der Waals surface area contributed by atoms with Crippen molar-refractivity contribution in [2.45, 2.75) is 26.0 Å².